The maximum Gasteiger partial charge on any atom is 0.249 e. The van der Waals surface area contributed by atoms with Crippen molar-refractivity contribution in [1.82, 2.24) is 10.6 Å². The van der Waals surface area contributed by atoms with E-state index in [1.165, 1.54) is 0 Å². The lowest BCUT2D eigenvalue weighted by molar-refractivity contribution is -0.138. The highest BCUT2D eigenvalue weighted by Crippen LogP contribution is 2.19. The largest absolute Gasteiger partial charge is 0.396 e. The molecular formula is C11H22N2O4. The molecule has 0 spiro atoms. The third kappa shape index (κ3) is 5.65. The average molecular weight is 246 g/mol. The molecule has 6 heteroatoms. The first kappa shape index (κ1) is 15.9. The molecule has 0 saturated carbocycles. The molecule has 0 radical (unpaired) electrons. The topological polar surface area (TPSA) is 98.7 Å². The Balaban J connectivity index is 4.15. The number of hydrogen-bond donors (Lipinski definition) is 4. The first-order valence-corrected chi connectivity index (χ1v) is 5.56. The maximum absolute atomic E-state index is 11.5. The van der Waals surface area contributed by atoms with Crippen LogP contribution in [0.25, 0.3) is 0 Å². The number of amides is 2. The second-order valence-corrected chi connectivity index (χ2v) is 4.99. The standard InChI is InChI=1S/C11H22N2O4/c1-7(2)13-8(15)5-12-10(17)9(16)11(3,4)6-14/h7,9,14,16H,5-6H2,1-4H3,(H,12,17)(H,13,15)/t9-/m0/s1. The van der Waals surface area contributed by atoms with Crippen molar-refractivity contribution in [2.45, 2.75) is 39.8 Å². The van der Waals surface area contributed by atoms with Gasteiger partial charge in [0, 0.05) is 11.5 Å². The summed E-state index contributed by atoms with van der Waals surface area (Å²) in [6, 6.07) is -0.00166. The van der Waals surface area contributed by atoms with Crippen molar-refractivity contribution in [2.24, 2.45) is 5.41 Å². The van der Waals surface area contributed by atoms with Crippen LogP contribution in [-0.2, 0) is 9.59 Å². The van der Waals surface area contributed by atoms with Crippen LogP contribution < -0.4 is 10.6 Å². The van der Waals surface area contributed by atoms with Crippen LogP contribution in [0.15, 0.2) is 0 Å². The highest BCUT2D eigenvalue weighted by Gasteiger charge is 2.32. The molecule has 0 rings (SSSR count). The van der Waals surface area contributed by atoms with Gasteiger partial charge < -0.3 is 20.8 Å². The van der Waals surface area contributed by atoms with Gasteiger partial charge in [0.1, 0.15) is 6.10 Å². The molecule has 6 nitrogen and oxygen atoms in total. The molecule has 0 aliphatic rings. The molecular weight excluding hydrogens is 224 g/mol. The smallest absolute Gasteiger partial charge is 0.249 e. The van der Waals surface area contributed by atoms with E-state index in [4.69, 9.17) is 5.11 Å². The van der Waals surface area contributed by atoms with Crippen molar-refractivity contribution in [3.05, 3.63) is 0 Å². The Morgan fingerprint density at radius 1 is 1.29 bits per heavy atom. The van der Waals surface area contributed by atoms with E-state index in [1.54, 1.807) is 13.8 Å². The number of aliphatic hydroxyl groups is 2. The zero-order chi connectivity index (χ0) is 13.6. The Bertz CT molecular complexity index is 277. The summed E-state index contributed by atoms with van der Waals surface area (Å²) in [4.78, 5) is 22.7. The van der Waals surface area contributed by atoms with Crippen LogP contribution in [0.4, 0.5) is 0 Å². The van der Waals surface area contributed by atoms with Gasteiger partial charge in [0.25, 0.3) is 0 Å². The normalized spacial score (nSPS) is 13.4. The summed E-state index contributed by atoms with van der Waals surface area (Å²) in [5, 5.41) is 23.5. The van der Waals surface area contributed by atoms with E-state index in [9.17, 15) is 14.7 Å². The molecule has 100 valence electrons. The summed E-state index contributed by atoms with van der Waals surface area (Å²) in [7, 11) is 0. The average Bonchev–Trinajstić information content (AvgIpc) is 2.23. The van der Waals surface area contributed by atoms with Crippen LogP contribution in [0.1, 0.15) is 27.7 Å². The minimum Gasteiger partial charge on any atom is -0.396 e. The number of carbonyl (C=O) groups is 2. The van der Waals surface area contributed by atoms with E-state index < -0.39 is 17.4 Å². The molecule has 0 unspecified atom stereocenters. The number of hydrogen-bond acceptors (Lipinski definition) is 4. The molecule has 17 heavy (non-hydrogen) atoms. The van der Waals surface area contributed by atoms with E-state index in [2.05, 4.69) is 10.6 Å². The van der Waals surface area contributed by atoms with Crippen molar-refractivity contribution in [2.75, 3.05) is 13.2 Å². The fourth-order valence-electron chi connectivity index (χ4n) is 1.08. The maximum atomic E-state index is 11.5. The Hall–Kier alpha value is -1.14. The van der Waals surface area contributed by atoms with Crippen LogP contribution in [0.3, 0.4) is 0 Å². The number of nitrogens with one attached hydrogen (secondary N) is 2. The van der Waals surface area contributed by atoms with Gasteiger partial charge in [0.15, 0.2) is 0 Å². The van der Waals surface area contributed by atoms with Crippen molar-refractivity contribution in [3.63, 3.8) is 0 Å². The van der Waals surface area contributed by atoms with Gasteiger partial charge in [0.05, 0.1) is 13.2 Å². The van der Waals surface area contributed by atoms with E-state index in [1.807, 2.05) is 13.8 Å². The van der Waals surface area contributed by atoms with Crippen molar-refractivity contribution in [1.29, 1.82) is 0 Å². The monoisotopic (exact) mass is 246 g/mol. The second-order valence-electron chi connectivity index (χ2n) is 4.99. The van der Waals surface area contributed by atoms with Crippen LogP contribution in [0.5, 0.6) is 0 Å². The lowest BCUT2D eigenvalue weighted by Gasteiger charge is -2.27. The fourth-order valence-corrected chi connectivity index (χ4v) is 1.08. The summed E-state index contributed by atoms with van der Waals surface area (Å²) in [6.45, 7) is 6.24. The van der Waals surface area contributed by atoms with Crippen LogP contribution >= 0.6 is 0 Å². The Labute approximate surface area is 101 Å². The van der Waals surface area contributed by atoms with Gasteiger partial charge in [-0.1, -0.05) is 13.8 Å². The molecule has 0 saturated heterocycles. The third-order valence-corrected chi connectivity index (χ3v) is 2.27. The van der Waals surface area contributed by atoms with Gasteiger partial charge in [0.2, 0.25) is 11.8 Å². The Morgan fingerprint density at radius 3 is 2.24 bits per heavy atom. The molecule has 0 fully saturated rings. The molecule has 0 heterocycles. The molecule has 0 aromatic rings. The lowest BCUT2D eigenvalue weighted by Crippen LogP contribution is -2.48. The first-order chi connectivity index (χ1) is 7.70. The Morgan fingerprint density at radius 2 is 1.82 bits per heavy atom. The van der Waals surface area contributed by atoms with Gasteiger partial charge in [-0.05, 0) is 13.8 Å². The predicted molar refractivity (Wildman–Crippen MR) is 63.2 cm³/mol. The van der Waals surface area contributed by atoms with Crippen molar-refractivity contribution in [3.8, 4) is 0 Å². The molecule has 0 aliphatic heterocycles. The molecule has 4 N–H and O–H groups in total. The lowest BCUT2D eigenvalue weighted by atomic mass is 9.87. The summed E-state index contributed by atoms with van der Waals surface area (Å²) in [6.07, 6.45) is -1.35. The molecule has 0 aliphatic carbocycles. The second kappa shape index (κ2) is 6.56. The van der Waals surface area contributed by atoms with Gasteiger partial charge >= 0.3 is 0 Å². The predicted octanol–water partition coefficient (Wildman–Crippen LogP) is -0.993. The molecule has 0 aromatic heterocycles. The zero-order valence-corrected chi connectivity index (χ0v) is 10.8. The van der Waals surface area contributed by atoms with Gasteiger partial charge in [-0.2, -0.15) is 0 Å². The van der Waals surface area contributed by atoms with E-state index >= 15 is 0 Å². The summed E-state index contributed by atoms with van der Waals surface area (Å²) < 4.78 is 0. The van der Waals surface area contributed by atoms with Gasteiger partial charge in [-0.3, -0.25) is 9.59 Å². The molecule has 1 atom stereocenters. The molecule has 0 aromatic carbocycles. The van der Waals surface area contributed by atoms with Crippen LogP contribution in [0.2, 0.25) is 0 Å². The third-order valence-electron chi connectivity index (χ3n) is 2.27. The highest BCUT2D eigenvalue weighted by atomic mass is 16.3. The quantitative estimate of drug-likeness (QED) is 0.483. The zero-order valence-electron chi connectivity index (χ0n) is 10.8. The van der Waals surface area contributed by atoms with Crippen molar-refractivity contribution >= 4 is 11.8 Å². The summed E-state index contributed by atoms with van der Waals surface area (Å²) in [5.41, 5.74) is -0.932. The minimum absolute atomic E-state index is 0.00166. The summed E-state index contributed by atoms with van der Waals surface area (Å²) >= 11 is 0. The molecule has 0 bridgehead atoms. The SMILES string of the molecule is CC(C)NC(=O)CNC(=O)[C@H](O)C(C)(C)CO. The highest BCUT2D eigenvalue weighted by molar-refractivity contribution is 5.87. The first-order valence-electron chi connectivity index (χ1n) is 5.56. The number of carbonyl (C=O) groups excluding carboxylic acids is 2. The Kier molecular flexibility index (Phi) is 6.12. The van der Waals surface area contributed by atoms with Crippen molar-refractivity contribution < 1.29 is 19.8 Å². The van der Waals surface area contributed by atoms with E-state index in [-0.39, 0.29) is 25.1 Å². The molecule has 2 amide bonds. The summed E-state index contributed by atoms with van der Waals surface area (Å²) in [5.74, 6) is -0.981. The fraction of sp³-hybridized carbons (Fsp3) is 0.818. The van der Waals surface area contributed by atoms with Gasteiger partial charge in [-0.25, -0.2) is 0 Å². The van der Waals surface area contributed by atoms with Gasteiger partial charge in [-0.15, -0.1) is 0 Å². The number of aliphatic hydroxyl groups excluding tert-OH is 2. The minimum atomic E-state index is -1.35. The van der Waals surface area contributed by atoms with Crippen LogP contribution in [0, 0.1) is 5.41 Å². The number of rotatable bonds is 6. The van der Waals surface area contributed by atoms with E-state index in [0.717, 1.165) is 0 Å². The van der Waals surface area contributed by atoms with E-state index in [0.29, 0.717) is 0 Å². The van der Waals surface area contributed by atoms with Crippen LogP contribution in [-0.4, -0.2) is 47.3 Å².